The van der Waals surface area contributed by atoms with E-state index < -0.39 is 17.7 Å². The molecular weight excluding hydrogens is 389 g/mol. The number of carbonyl (C=O) groups excluding carboxylic acids is 1. The fraction of sp³-hybridized carbons (Fsp3) is 0.167. The molecule has 1 aromatic heterocycles. The minimum absolute atomic E-state index is 0.00321. The normalized spacial score (nSPS) is 11.6. The Labute approximate surface area is 155 Å². The lowest BCUT2D eigenvalue weighted by atomic mass is 10.1. The van der Waals surface area contributed by atoms with Gasteiger partial charge in [0.25, 0.3) is 0 Å². The van der Waals surface area contributed by atoms with Crippen LogP contribution >= 0.6 is 22.9 Å². The van der Waals surface area contributed by atoms with Crippen LogP contribution in [0.3, 0.4) is 0 Å². The van der Waals surface area contributed by atoms with Gasteiger partial charge in [-0.15, -0.1) is 11.3 Å². The van der Waals surface area contributed by atoms with Crippen molar-refractivity contribution in [1.29, 1.82) is 0 Å². The largest absolute Gasteiger partial charge is 0.486 e. The van der Waals surface area contributed by atoms with Crippen molar-refractivity contribution in [3.8, 4) is 5.75 Å². The minimum Gasteiger partial charge on any atom is -0.486 e. The first-order valence-electron chi connectivity index (χ1n) is 7.39. The third-order valence-electron chi connectivity index (χ3n) is 3.68. The van der Waals surface area contributed by atoms with E-state index in [9.17, 15) is 18.0 Å². The fourth-order valence-corrected chi connectivity index (χ4v) is 3.64. The molecule has 2 aromatic carbocycles. The molecule has 3 aromatic rings. The van der Waals surface area contributed by atoms with E-state index in [1.54, 1.807) is 18.2 Å². The molecule has 0 spiro atoms. The van der Waals surface area contributed by atoms with Crippen LogP contribution in [-0.2, 0) is 17.5 Å². The Morgan fingerprint density at radius 2 is 1.85 bits per heavy atom. The van der Waals surface area contributed by atoms with Gasteiger partial charge in [-0.2, -0.15) is 13.2 Å². The lowest BCUT2D eigenvalue weighted by Crippen LogP contribution is -2.07. The number of hydrogen-bond donors (Lipinski definition) is 0. The Hall–Kier alpha value is -2.25. The van der Waals surface area contributed by atoms with E-state index >= 15 is 0 Å². The number of carbonyl (C=O) groups is 1. The number of hydrogen-bond acceptors (Lipinski definition) is 4. The topological polar surface area (TPSA) is 35.5 Å². The molecule has 8 heteroatoms. The zero-order valence-electron chi connectivity index (χ0n) is 13.4. The molecule has 0 aliphatic heterocycles. The molecule has 3 nitrogen and oxygen atoms in total. The summed E-state index contributed by atoms with van der Waals surface area (Å²) in [6.45, 7) is -0.00321. The number of benzene rings is 2. The lowest BCUT2D eigenvalue weighted by molar-refractivity contribution is -0.137. The molecule has 0 amide bonds. The van der Waals surface area contributed by atoms with Crippen LogP contribution in [0.4, 0.5) is 13.2 Å². The summed E-state index contributed by atoms with van der Waals surface area (Å²) in [7, 11) is 1.26. The zero-order valence-corrected chi connectivity index (χ0v) is 15.0. The summed E-state index contributed by atoms with van der Waals surface area (Å²) in [4.78, 5) is 12.0. The molecule has 0 saturated heterocycles. The maximum atomic E-state index is 12.6. The number of alkyl halides is 3. The lowest BCUT2D eigenvalue weighted by Gasteiger charge is -2.12. The molecule has 0 saturated carbocycles. The summed E-state index contributed by atoms with van der Waals surface area (Å²) in [6.07, 6.45) is -4.39. The van der Waals surface area contributed by atoms with Gasteiger partial charge in [-0.3, -0.25) is 0 Å². The van der Waals surface area contributed by atoms with Crippen LogP contribution in [0, 0.1) is 0 Å². The highest BCUT2D eigenvalue weighted by Gasteiger charge is 2.30. The molecule has 0 fully saturated rings. The molecule has 3 rings (SSSR count). The van der Waals surface area contributed by atoms with Gasteiger partial charge in [-0.1, -0.05) is 29.8 Å². The monoisotopic (exact) mass is 400 g/mol. The second-order valence-corrected chi connectivity index (χ2v) is 7.07. The van der Waals surface area contributed by atoms with Crippen molar-refractivity contribution in [3.63, 3.8) is 0 Å². The highest BCUT2D eigenvalue weighted by molar-refractivity contribution is 7.23. The average molecular weight is 401 g/mol. The van der Waals surface area contributed by atoms with Gasteiger partial charge in [0.2, 0.25) is 0 Å². The second-order valence-electron chi connectivity index (χ2n) is 5.39. The summed E-state index contributed by atoms with van der Waals surface area (Å²) in [5.74, 6) is -0.273. The van der Waals surface area contributed by atoms with Crippen molar-refractivity contribution in [3.05, 3.63) is 63.5 Å². The maximum absolute atomic E-state index is 12.6. The number of rotatable bonds is 4. The van der Waals surface area contributed by atoms with Gasteiger partial charge >= 0.3 is 12.1 Å². The van der Waals surface area contributed by atoms with Gasteiger partial charge in [-0.25, -0.2) is 4.79 Å². The van der Waals surface area contributed by atoms with Crippen LogP contribution < -0.4 is 4.74 Å². The molecule has 0 aliphatic rings. The van der Waals surface area contributed by atoms with E-state index in [4.69, 9.17) is 21.1 Å². The smallest absolute Gasteiger partial charge is 0.416 e. The van der Waals surface area contributed by atoms with Crippen LogP contribution in [-0.4, -0.2) is 13.1 Å². The Balaban J connectivity index is 1.91. The van der Waals surface area contributed by atoms with Gasteiger partial charge in [0.15, 0.2) is 5.75 Å². The van der Waals surface area contributed by atoms with Crippen LogP contribution in [0.5, 0.6) is 5.75 Å². The molecule has 1 heterocycles. The van der Waals surface area contributed by atoms with E-state index in [1.807, 2.05) is 0 Å². The number of thiophene rings is 1. The van der Waals surface area contributed by atoms with Crippen molar-refractivity contribution in [2.24, 2.45) is 0 Å². The number of halogens is 4. The molecular formula is C18H12ClF3O3S. The number of methoxy groups -OCH3 is 1. The summed E-state index contributed by atoms with van der Waals surface area (Å²) in [5, 5.41) is 0.801. The Bertz CT molecular complexity index is 949. The second kappa shape index (κ2) is 7.17. The van der Waals surface area contributed by atoms with Gasteiger partial charge in [0.05, 0.1) is 21.7 Å². The van der Waals surface area contributed by atoms with Crippen molar-refractivity contribution in [1.82, 2.24) is 0 Å². The van der Waals surface area contributed by atoms with E-state index in [0.717, 1.165) is 17.5 Å². The van der Waals surface area contributed by atoms with Crippen molar-refractivity contribution in [2.45, 2.75) is 12.8 Å². The third kappa shape index (κ3) is 3.78. The Morgan fingerprint density at radius 3 is 2.46 bits per heavy atom. The molecule has 0 radical (unpaired) electrons. The van der Waals surface area contributed by atoms with Crippen LogP contribution in [0.2, 0.25) is 4.34 Å². The maximum Gasteiger partial charge on any atom is 0.416 e. The van der Waals surface area contributed by atoms with E-state index in [-0.39, 0.29) is 12.2 Å². The fourth-order valence-electron chi connectivity index (χ4n) is 2.41. The average Bonchev–Trinajstić information content (AvgIpc) is 2.99. The van der Waals surface area contributed by atoms with Gasteiger partial charge in [0, 0.05) is 0 Å². The van der Waals surface area contributed by atoms with Crippen LogP contribution in [0.25, 0.3) is 10.1 Å². The Kier molecular flexibility index (Phi) is 5.11. The highest BCUT2D eigenvalue weighted by Crippen LogP contribution is 2.39. The Morgan fingerprint density at radius 1 is 1.15 bits per heavy atom. The van der Waals surface area contributed by atoms with Crippen LogP contribution in [0.15, 0.2) is 42.5 Å². The molecule has 0 unspecified atom stereocenters. The van der Waals surface area contributed by atoms with Crippen molar-refractivity contribution in [2.75, 3.05) is 7.11 Å². The molecule has 0 N–H and O–H groups in total. The third-order valence-corrected chi connectivity index (χ3v) is 4.96. The zero-order chi connectivity index (χ0) is 18.9. The van der Waals surface area contributed by atoms with Crippen molar-refractivity contribution < 1.29 is 27.4 Å². The summed E-state index contributed by atoms with van der Waals surface area (Å²) >= 11 is 7.28. The predicted molar refractivity (Wildman–Crippen MR) is 94.0 cm³/mol. The first-order chi connectivity index (χ1) is 12.3. The predicted octanol–water partition coefficient (Wildman–Crippen LogP) is 5.94. The molecule has 0 bridgehead atoms. The van der Waals surface area contributed by atoms with Gasteiger partial charge < -0.3 is 9.47 Å². The standard InChI is InChI=1S/C18H12ClF3O3S/c1-24-17(23)13-7-4-11-8-14(19)26-16(11)15(13)25-9-10-2-5-12(6-3-10)18(20,21)22/h2-8H,9H2,1H3. The number of esters is 1. The first kappa shape index (κ1) is 18.5. The van der Waals surface area contributed by atoms with E-state index in [1.165, 1.54) is 30.6 Å². The van der Waals surface area contributed by atoms with E-state index in [2.05, 4.69) is 0 Å². The summed E-state index contributed by atoms with van der Waals surface area (Å²) in [5.41, 5.74) is 0.0301. The summed E-state index contributed by atoms with van der Waals surface area (Å²) in [6, 6.07) is 9.69. The summed E-state index contributed by atoms with van der Waals surface area (Å²) < 4.78 is 49.6. The highest BCUT2D eigenvalue weighted by atomic mass is 35.5. The first-order valence-corrected chi connectivity index (χ1v) is 8.58. The number of ether oxygens (including phenoxy) is 2. The molecule has 0 aliphatic carbocycles. The number of fused-ring (bicyclic) bond motifs is 1. The molecule has 26 heavy (non-hydrogen) atoms. The SMILES string of the molecule is COC(=O)c1ccc2cc(Cl)sc2c1OCc1ccc(C(F)(F)F)cc1. The van der Waals surface area contributed by atoms with Crippen molar-refractivity contribution >= 4 is 39.0 Å². The van der Waals surface area contributed by atoms with Gasteiger partial charge in [-0.05, 0) is 35.2 Å². The van der Waals surface area contributed by atoms with E-state index in [0.29, 0.717) is 20.3 Å². The molecule has 136 valence electrons. The quantitative estimate of drug-likeness (QED) is 0.508. The minimum atomic E-state index is -4.39. The van der Waals surface area contributed by atoms with Gasteiger partial charge in [0.1, 0.15) is 12.2 Å². The molecule has 0 atom stereocenters. The van der Waals surface area contributed by atoms with Crippen LogP contribution in [0.1, 0.15) is 21.5 Å².